The van der Waals surface area contributed by atoms with E-state index >= 15 is 0 Å². The summed E-state index contributed by atoms with van der Waals surface area (Å²) in [5.74, 6) is 1.53. The predicted octanol–water partition coefficient (Wildman–Crippen LogP) is 3.07. The van der Waals surface area contributed by atoms with Gasteiger partial charge in [0.1, 0.15) is 0 Å². The summed E-state index contributed by atoms with van der Waals surface area (Å²) in [6.45, 7) is 12.2. The molecule has 15 heavy (non-hydrogen) atoms. The molecule has 0 amide bonds. The van der Waals surface area contributed by atoms with Crippen LogP contribution in [0.1, 0.15) is 47.5 Å². The quantitative estimate of drug-likeness (QED) is 0.672. The van der Waals surface area contributed by atoms with Gasteiger partial charge in [-0.05, 0) is 31.6 Å². The Bertz CT molecular complexity index is 135. The van der Waals surface area contributed by atoms with Crippen molar-refractivity contribution in [2.45, 2.75) is 59.6 Å². The average Bonchev–Trinajstić information content (AvgIpc) is 2.11. The Hall–Kier alpha value is -0.0800. The van der Waals surface area contributed by atoms with E-state index in [-0.39, 0.29) is 0 Å². The molecule has 1 atom stereocenters. The van der Waals surface area contributed by atoms with Crippen molar-refractivity contribution in [2.75, 3.05) is 13.7 Å². The Balaban J connectivity index is 3.89. The Morgan fingerprint density at radius 2 is 1.40 bits per heavy atom. The zero-order valence-corrected chi connectivity index (χ0v) is 11.3. The summed E-state index contributed by atoms with van der Waals surface area (Å²) in [7, 11) is 1.77. The van der Waals surface area contributed by atoms with E-state index in [1.165, 1.54) is 12.8 Å². The number of rotatable bonds is 8. The lowest BCUT2D eigenvalue weighted by atomic mass is 9.95. The molecule has 0 fully saturated rings. The van der Waals surface area contributed by atoms with E-state index in [9.17, 15) is 0 Å². The minimum Gasteiger partial charge on any atom is -0.380 e. The normalized spacial score (nSPS) is 14.2. The van der Waals surface area contributed by atoms with Gasteiger partial charge in [0.05, 0.1) is 6.10 Å². The van der Waals surface area contributed by atoms with Crippen molar-refractivity contribution < 1.29 is 4.74 Å². The third-order valence-electron chi connectivity index (χ3n) is 2.61. The fourth-order valence-electron chi connectivity index (χ4n) is 1.82. The van der Waals surface area contributed by atoms with Crippen molar-refractivity contribution >= 4 is 0 Å². The van der Waals surface area contributed by atoms with Crippen molar-refractivity contribution in [3.05, 3.63) is 0 Å². The summed E-state index contributed by atoms with van der Waals surface area (Å²) >= 11 is 0. The largest absolute Gasteiger partial charge is 0.380 e. The van der Waals surface area contributed by atoms with Crippen LogP contribution in [-0.4, -0.2) is 25.8 Å². The highest BCUT2D eigenvalue weighted by Gasteiger charge is 2.13. The van der Waals surface area contributed by atoms with Gasteiger partial charge in [-0.15, -0.1) is 0 Å². The van der Waals surface area contributed by atoms with E-state index in [0.717, 1.165) is 18.4 Å². The maximum Gasteiger partial charge on any atom is 0.0667 e. The van der Waals surface area contributed by atoms with Gasteiger partial charge in [-0.25, -0.2) is 0 Å². The lowest BCUT2D eigenvalue weighted by Gasteiger charge is -2.24. The van der Waals surface area contributed by atoms with Crippen molar-refractivity contribution in [3.63, 3.8) is 0 Å². The van der Waals surface area contributed by atoms with Gasteiger partial charge in [0.25, 0.3) is 0 Å². The second-order valence-electron chi connectivity index (χ2n) is 5.41. The first kappa shape index (κ1) is 14.9. The van der Waals surface area contributed by atoms with Crippen LogP contribution in [-0.2, 0) is 4.74 Å². The number of nitrogens with one attached hydrogen (secondary N) is 1. The molecule has 1 N–H and O–H groups in total. The fraction of sp³-hybridized carbons (Fsp3) is 1.00. The zero-order valence-electron chi connectivity index (χ0n) is 11.3. The van der Waals surface area contributed by atoms with Gasteiger partial charge in [-0.1, -0.05) is 27.7 Å². The molecule has 0 aromatic heterocycles. The summed E-state index contributed by atoms with van der Waals surface area (Å²) in [6, 6.07) is 0.641. The summed E-state index contributed by atoms with van der Waals surface area (Å²) < 4.78 is 5.25. The molecule has 92 valence electrons. The van der Waals surface area contributed by atoms with E-state index in [2.05, 4.69) is 39.9 Å². The van der Waals surface area contributed by atoms with Crippen LogP contribution in [0.25, 0.3) is 0 Å². The van der Waals surface area contributed by atoms with Crippen molar-refractivity contribution in [1.29, 1.82) is 0 Å². The van der Waals surface area contributed by atoms with Gasteiger partial charge in [-0.3, -0.25) is 0 Å². The molecule has 0 saturated heterocycles. The number of hydrogen-bond acceptors (Lipinski definition) is 2. The SMILES string of the molecule is COC(C)CNC(CC(C)C)CC(C)C. The minimum atomic E-state index is 0.312. The van der Waals surface area contributed by atoms with Crippen LogP contribution in [0, 0.1) is 11.8 Å². The van der Waals surface area contributed by atoms with E-state index in [1.54, 1.807) is 7.11 Å². The van der Waals surface area contributed by atoms with Crippen LogP contribution in [0.3, 0.4) is 0 Å². The third-order valence-corrected chi connectivity index (χ3v) is 2.61. The second-order valence-corrected chi connectivity index (χ2v) is 5.41. The summed E-state index contributed by atoms with van der Waals surface area (Å²) in [6.07, 6.45) is 2.83. The van der Waals surface area contributed by atoms with Gasteiger partial charge in [0, 0.05) is 19.7 Å². The van der Waals surface area contributed by atoms with E-state index in [4.69, 9.17) is 4.74 Å². The maximum absolute atomic E-state index is 5.25. The molecule has 0 aliphatic carbocycles. The number of ether oxygens (including phenoxy) is 1. The molecule has 0 aromatic carbocycles. The maximum atomic E-state index is 5.25. The Morgan fingerprint density at radius 3 is 1.73 bits per heavy atom. The molecule has 0 saturated carbocycles. The second kappa shape index (κ2) is 8.12. The first-order valence-electron chi connectivity index (χ1n) is 6.21. The molecule has 0 radical (unpaired) electrons. The smallest absolute Gasteiger partial charge is 0.0667 e. The molecular weight excluding hydrogens is 186 g/mol. The van der Waals surface area contributed by atoms with Crippen LogP contribution in [0.4, 0.5) is 0 Å². The van der Waals surface area contributed by atoms with Crippen LogP contribution >= 0.6 is 0 Å². The minimum absolute atomic E-state index is 0.312. The first-order valence-corrected chi connectivity index (χ1v) is 6.21. The van der Waals surface area contributed by atoms with Gasteiger partial charge in [0.15, 0.2) is 0 Å². The Kier molecular flexibility index (Phi) is 8.07. The van der Waals surface area contributed by atoms with Gasteiger partial charge in [-0.2, -0.15) is 0 Å². The van der Waals surface area contributed by atoms with E-state index in [0.29, 0.717) is 12.1 Å². The molecular formula is C13H29NO. The summed E-state index contributed by atoms with van der Waals surface area (Å²) in [5.41, 5.74) is 0. The summed E-state index contributed by atoms with van der Waals surface area (Å²) in [4.78, 5) is 0. The third kappa shape index (κ3) is 8.88. The molecule has 0 aliphatic rings. The monoisotopic (exact) mass is 215 g/mol. The highest BCUT2D eigenvalue weighted by Crippen LogP contribution is 2.13. The van der Waals surface area contributed by atoms with Crippen LogP contribution < -0.4 is 5.32 Å². The van der Waals surface area contributed by atoms with Crippen LogP contribution in [0.2, 0.25) is 0 Å². The lowest BCUT2D eigenvalue weighted by Crippen LogP contribution is -2.37. The highest BCUT2D eigenvalue weighted by molar-refractivity contribution is 4.71. The van der Waals surface area contributed by atoms with Crippen molar-refractivity contribution in [2.24, 2.45) is 11.8 Å². The number of methoxy groups -OCH3 is 1. The predicted molar refractivity (Wildman–Crippen MR) is 67.2 cm³/mol. The fourth-order valence-corrected chi connectivity index (χ4v) is 1.82. The molecule has 0 heterocycles. The molecule has 0 spiro atoms. The molecule has 2 nitrogen and oxygen atoms in total. The van der Waals surface area contributed by atoms with Crippen LogP contribution in [0.15, 0.2) is 0 Å². The van der Waals surface area contributed by atoms with Gasteiger partial charge in [0.2, 0.25) is 0 Å². The molecule has 0 aliphatic heterocycles. The first-order chi connectivity index (χ1) is 6.95. The topological polar surface area (TPSA) is 21.3 Å². The summed E-state index contributed by atoms with van der Waals surface area (Å²) in [5, 5.41) is 3.61. The van der Waals surface area contributed by atoms with E-state index < -0.39 is 0 Å². The molecule has 0 aromatic rings. The Labute approximate surface area is 95.8 Å². The van der Waals surface area contributed by atoms with Crippen molar-refractivity contribution in [3.8, 4) is 0 Å². The van der Waals surface area contributed by atoms with Crippen molar-refractivity contribution in [1.82, 2.24) is 5.32 Å². The molecule has 0 bridgehead atoms. The van der Waals surface area contributed by atoms with Gasteiger partial charge < -0.3 is 10.1 Å². The molecule has 2 heteroatoms. The van der Waals surface area contributed by atoms with E-state index in [1.807, 2.05) is 0 Å². The van der Waals surface area contributed by atoms with Crippen LogP contribution in [0.5, 0.6) is 0 Å². The standard InChI is InChI=1S/C13H29NO/c1-10(2)7-13(8-11(3)4)14-9-12(5)15-6/h10-14H,7-9H2,1-6H3. The highest BCUT2D eigenvalue weighted by atomic mass is 16.5. The molecule has 1 unspecified atom stereocenters. The average molecular weight is 215 g/mol. The number of hydrogen-bond donors (Lipinski definition) is 1. The van der Waals surface area contributed by atoms with Gasteiger partial charge >= 0.3 is 0 Å². The Morgan fingerprint density at radius 1 is 0.933 bits per heavy atom. The lowest BCUT2D eigenvalue weighted by molar-refractivity contribution is 0.112. The molecule has 0 rings (SSSR count). The zero-order chi connectivity index (χ0) is 11.8.